The maximum Gasteiger partial charge on any atom is 0.270 e. The minimum Gasteiger partial charge on any atom is -0.347 e. The number of carbonyl (C=O) groups is 1. The summed E-state index contributed by atoms with van der Waals surface area (Å²) in [6.07, 6.45) is 1.53. The maximum atomic E-state index is 14.9. The van der Waals surface area contributed by atoms with Gasteiger partial charge in [-0.15, -0.1) is 0 Å². The van der Waals surface area contributed by atoms with Gasteiger partial charge in [-0.05, 0) is 49.7 Å². The molecule has 8 heteroatoms. The minimum atomic E-state index is -0.426. The largest absolute Gasteiger partial charge is 0.347 e. The maximum absolute atomic E-state index is 14.9. The molecule has 4 aromatic rings. The number of pyridine rings is 1. The van der Waals surface area contributed by atoms with Crippen LogP contribution in [0, 0.1) is 26.2 Å². The number of rotatable bonds is 5. The molecule has 0 aliphatic carbocycles. The number of nitrogens with one attached hydrogen (secondary N) is 1. The number of halogens is 2. The van der Waals surface area contributed by atoms with Crippen molar-refractivity contribution in [2.45, 2.75) is 20.4 Å². The fourth-order valence-electron chi connectivity index (χ4n) is 3.64. The van der Waals surface area contributed by atoms with Gasteiger partial charge in [0.15, 0.2) is 0 Å². The van der Waals surface area contributed by atoms with E-state index in [9.17, 15) is 9.18 Å². The van der Waals surface area contributed by atoms with Crippen LogP contribution < -0.4 is 5.32 Å². The number of carbonyl (C=O) groups excluding carboxylic acids is 1. The summed E-state index contributed by atoms with van der Waals surface area (Å²) >= 11 is 6.19. The number of benzene rings is 2. The molecule has 0 saturated carbocycles. The highest BCUT2D eigenvalue weighted by Crippen LogP contribution is 2.32. The predicted molar refractivity (Wildman–Crippen MR) is 125 cm³/mol. The third-order valence-electron chi connectivity index (χ3n) is 5.27. The predicted octanol–water partition coefficient (Wildman–Crippen LogP) is 5.82. The number of hydrogen-bond acceptors (Lipinski definition) is 3. The second-order valence-corrected chi connectivity index (χ2v) is 7.82. The highest BCUT2D eigenvalue weighted by Gasteiger charge is 2.17. The Morgan fingerprint density at radius 2 is 2.00 bits per heavy atom. The van der Waals surface area contributed by atoms with E-state index in [-0.39, 0.29) is 18.1 Å². The summed E-state index contributed by atoms with van der Waals surface area (Å²) in [5, 5.41) is 7.63. The first-order chi connectivity index (χ1) is 15.9. The number of aryl methyl sites for hydroxylation is 1. The standard InChI is InChI=1S/C25H19ClFN5O/c1-15-24(16(2)32(31-15)19-9-10-22(28-3)20(26)13-19)17-7-8-18(21(27)12-17)14-30-25(33)23-6-4-5-11-29-23/h4-13H,14H2,1-2H3,(H,30,33). The Morgan fingerprint density at radius 3 is 2.67 bits per heavy atom. The van der Waals surface area contributed by atoms with E-state index in [1.807, 2.05) is 19.9 Å². The van der Waals surface area contributed by atoms with E-state index in [1.54, 1.807) is 47.1 Å². The van der Waals surface area contributed by atoms with Crippen molar-refractivity contribution < 1.29 is 9.18 Å². The second-order valence-electron chi connectivity index (χ2n) is 7.41. The molecule has 0 spiro atoms. The summed E-state index contributed by atoms with van der Waals surface area (Å²) in [6.45, 7) is 10.9. The summed E-state index contributed by atoms with van der Waals surface area (Å²) in [5.74, 6) is -0.792. The van der Waals surface area contributed by atoms with E-state index >= 15 is 0 Å². The van der Waals surface area contributed by atoms with E-state index < -0.39 is 5.82 Å². The van der Waals surface area contributed by atoms with Crippen LogP contribution in [0.25, 0.3) is 21.7 Å². The van der Waals surface area contributed by atoms with Crippen LogP contribution in [0.5, 0.6) is 0 Å². The third-order valence-corrected chi connectivity index (χ3v) is 5.57. The molecule has 2 heterocycles. The monoisotopic (exact) mass is 459 g/mol. The molecule has 2 aromatic carbocycles. The molecule has 164 valence electrons. The molecular formula is C25H19ClFN5O. The lowest BCUT2D eigenvalue weighted by Gasteiger charge is -2.09. The van der Waals surface area contributed by atoms with Crippen molar-refractivity contribution in [3.8, 4) is 16.8 Å². The Bertz CT molecular complexity index is 1390. The van der Waals surface area contributed by atoms with Crippen LogP contribution in [0.15, 0.2) is 60.8 Å². The molecule has 0 aliphatic rings. The van der Waals surface area contributed by atoms with Crippen molar-refractivity contribution in [1.82, 2.24) is 20.1 Å². The Morgan fingerprint density at radius 1 is 1.18 bits per heavy atom. The van der Waals surface area contributed by atoms with Crippen molar-refractivity contribution in [3.05, 3.63) is 106 Å². The SMILES string of the molecule is [C-]#[N+]c1ccc(-n2nc(C)c(-c3ccc(CNC(=O)c4ccccn4)c(F)c3)c2C)cc1Cl. The van der Waals surface area contributed by atoms with Crippen molar-refractivity contribution in [3.63, 3.8) is 0 Å². The smallest absolute Gasteiger partial charge is 0.270 e. The average Bonchev–Trinajstić information content (AvgIpc) is 3.12. The minimum absolute atomic E-state index is 0.0463. The van der Waals surface area contributed by atoms with Crippen molar-refractivity contribution in [2.24, 2.45) is 0 Å². The molecule has 0 radical (unpaired) electrons. The Labute approximate surface area is 195 Å². The van der Waals surface area contributed by atoms with Crippen molar-refractivity contribution >= 4 is 23.2 Å². The lowest BCUT2D eigenvalue weighted by Crippen LogP contribution is -2.24. The fourth-order valence-corrected chi connectivity index (χ4v) is 3.86. The molecule has 0 fully saturated rings. The van der Waals surface area contributed by atoms with Gasteiger partial charge in [0.1, 0.15) is 11.5 Å². The zero-order valence-corrected chi connectivity index (χ0v) is 18.7. The van der Waals surface area contributed by atoms with E-state index in [0.717, 1.165) is 17.0 Å². The van der Waals surface area contributed by atoms with Gasteiger partial charge in [-0.1, -0.05) is 35.9 Å². The summed E-state index contributed by atoms with van der Waals surface area (Å²) in [5.41, 5.74) is 4.76. The zero-order chi connectivity index (χ0) is 23.5. The van der Waals surface area contributed by atoms with Gasteiger partial charge >= 0.3 is 0 Å². The molecule has 0 saturated heterocycles. The highest BCUT2D eigenvalue weighted by atomic mass is 35.5. The lowest BCUT2D eigenvalue weighted by molar-refractivity contribution is 0.0945. The van der Waals surface area contributed by atoms with Crippen LogP contribution in [-0.2, 0) is 6.54 Å². The molecule has 4 rings (SSSR count). The van der Waals surface area contributed by atoms with Gasteiger partial charge in [-0.3, -0.25) is 9.78 Å². The highest BCUT2D eigenvalue weighted by molar-refractivity contribution is 6.33. The molecule has 1 N–H and O–H groups in total. The van der Waals surface area contributed by atoms with Gasteiger partial charge in [-0.25, -0.2) is 13.9 Å². The quantitative estimate of drug-likeness (QED) is 0.382. The van der Waals surface area contributed by atoms with Crippen LogP contribution in [0.2, 0.25) is 5.02 Å². The van der Waals surface area contributed by atoms with E-state index in [4.69, 9.17) is 18.2 Å². The molecule has 0 unspecified atom stereocenters. The molecule has 6 nitrogen and oxygen atoms in total. The number of aromatic nitrogens is 3. The first kappa shape index (κ1) is 22.2. The van der Waals surface area contributed by atoms with Crippen LogP contribution in [0.3, 0.4) is 0 Å². The van der Waals surface area contributed by atoms with E-state index in [0.29, 0.717) is 27.5 Å². The van der Waals surface area contributed by atoms with Gasteiger partial charge in [0.2, 0.25) is 5.69 Å². The molecule has 0 aliphatic heterocycles. The molecule has 33 heavy (non-hydrogen) atoms. The average molecular weight is 460 g/mol. The summed E-state index contributed by atoms with van der Waals surface area (Å²) < 4.78 is 16.6. The first-order valence-electron chi connectivity index (χ1n) is 10.1. The van der Waals surface area contributed by atoms with Crippen LogP contribution in [-0.4, -0.2) is 20.7 Å². The first-order valence-corrected chi connectivity index (χ1v) is 10.5. The Balaban J connectivity index is 1.59. The van der Waals surface area contributed by atoms with Crippen LogP contribution in [0.1, 0.15) is 27.4 Å². The fraction of sp³-hybridized carbons (Fsp3) is 0.120. The van der Waals surface area contributed by atoms with Crippen LogP contribution >= 0.6 is 11.6 Å². The zero-order valence-electron chi connectivity index (χ0n) is 17.9. The Kier molecular flexibility index (Phi) is 6.20. The Hall–Kier alpha value is -4.02. The van der Waals surface area contributed by atoms with Gasteiger partial charge in [0.25, 0.3) is 5.91 Å². The molecule has 0 bridgehead atoms. The normalized spacial score (nSPS) is 10.6. The molecule has 2 aromatic heterocycles. The van der Waals surface area contributed by atoms with Crippen LogP contribution in [0.4, 0.5) is 10.1 Å². The van der Waals surface area contributed by atoms with Crippen molar-refractivity contribution in [2.75, 3.05) is 0 Å². The second kappa shape index (κ2) is 9.23. The summed E-state index contributed by atoms with van der Waals surface area (Å²) in [4.78, 5) is 19.5. The van der Waals surface area contributed by atoms with Gasteiger partial charge in [0.05, 0.1) is 18.0 Å². The van der Waals surface area contributed by atoms with Gasteiger partial charge in [0, 0.05) is 34.6 Å². The summed E-state index contributed by atoms with van der Waals surface area (Å²) in [7, 11) is 0. The molecular weight excluding hydrogens is 441 g/mol. The molecule has 0 atom stereocenters. The lowest BCUT2D eigenvalue weighted by atomic mass is 10.0. The third kappa shape index (κ3) is 4.47. The molecule has 1 amide bonds. The number of nitrogens with zero attached hydrogens (tertiary/aromatic N) is 4. The number of hydrogen-bond donors (Lipinski definition) is 1. The summed E-state index contributed by atoms with van der Waals surface area (Å²) in [6, 6.07) is 15.0. The number of amides is 1. The van der Waals surface area contributed by atoms with Gasteiger partial charge < -0.3 is 5.32 Å². The van der Waals surface area contributed by atoms with E-state index in [2.05, 4.69) is 20.2 Å². The van der Waals surface area contributed by atoms with Crippen molar-refractivity contribution in [1.29, 1.82) is 0 Å². The topological polar surface area (TPSA) is 64.2 Å². The van der Waals surface area contributed by atoms with Gasteiger partial charge in [-0.2, -0.15) is 5.10 Å². The van der Waals surface area contributed by atoms with E-state index in [1.165, 1.54) is 12.3 Å².